The van der Waals surface area contributed by atoms with Crippen LogP contribution in [-0.2, 0) is 13.0 Å². The Labute approximate surface area is 223 Å². The fraction of sp³-hybridized carbons (Fsp3) is 0.280. The number of aromatic nitrogens is 2. The molecular formula is C25H24Cl3N5O3. The van der Waals surface area contributed by atoms with Crippen LogP contribution in [0.1, 0.15) is 45.8 Å². The second-order valence-electron chi connectivity index (χ2n) is 8.65. The minimum absolute atomic E-state index is 0.0284. The van der Waals surface area contributed by atoms with Crippen molar-refractivity contribution in [2.45, 2.75) is 32.9 Å². The molecule has 0 radical (unpaired) electrons. The van der Waals surface area contributed by atoms with Gasteiger partial charge in [-0.25, -0.2) is 9.55 Å². The third kappa shape index (κ3) is 5.07. The van der Waals surface area contributed by atoms with Crippen LogP contribution in [0.25, 0.3) is 5.69 Å². The van der Waals surface area contributed by atoms with Gasteiger partial charge in [-0.05, 0) is 56.7 Å². The smallest absolute Gasteiger partial charge is 0.263 e. The lowest BCUT2D eigenvalue weighted by Gasteiger charge is -2.29. The summed E-state index contributed by atoms with van der Waals surface area (Å²) in [6, 6.07) is 9.49. The fourth-order valence-electron chi connectivity index (χ4n) is 4.03. The molecule has 0 bridgehead atoms. The van der Waals surface area contributed by atoms with E-state index in [9.17, 15) is 14.4 Å². The van der Waals surface area contributed by atoms with Crippen molar-refractivity contribution in [2.24, 2.45) is 0 Å². The first-order valence-electron chi connectivity index (χ1n) is 11.3. The Kier molecular flexibility index (Phi) is 7.59. The van der Waals surface area contributed by atoms with Gasteiger partial charge in [0, 0.05) is 30.8 Å². The topological polar surface area (TPSA) is 96.3 Å². The molecule has 2 aromatic carbocycles. The van der Waals surface area contributed by atoms with Crippen molar-refractivity contribution in [3.63, 3.8) is 0 Å². The second-order valence-corrected chi connectivity index (χ2v) is 9.87. The summed E-state index contributed by atoms with van der Waals surface area (Å²) in [5, 5.41) is 6.63. The molecule has 0 fully saturated rings. The van der Waals surface area contributed by atoms with Crippen LogP contribution in [0.4, 0.5) is 5.95 Å². The average Bonchev–Trinajstić information content (AvgIpc) is 2.84. The number of carbonyl (C=O) groups excluding carboxylic acids is 2. The number of nitrogens with zero attached hydrogens (tertiary/aromatic N) is 3. The van der Waals surface area contributed by atoms with Gasteiger partial charge in [0.25, 0.3) is 17.4 Å². The van der Waals surface area contributed by atoms with Gasteiger partial charge in [-0.1, -0.05) is 34.8 Å². The first-order chi connectivity index (χ1) is 17.1. The zero-order valence-electron chi connectivity index (χ0n) is 19.9. The van der Waals surface area contributed by atoms with E-state index in [1.807, 2.05) is 13.8 Å². The van der Waals surface area contributed by atoms with Gasteiger partial charge in [0.15, 0.2) is 0 Å². The predicted molar refractivity (Wildman–Crippen MR) is 142 cm³/mol. The molecule has 0 aliphatic carbocycles. The van der Waals surface area contributed by atoms with Crippen molar-refractivity contribution in [1.82, 2.24) is 19.8 Å². The molecule has 2 heterocycles. The Bertz CT molecular complexity index is 1420. The summed E-state index contributed by atoms with van der Waals surface area (Å²) in [5.74, 6) is -0.226. The van der Waals surface area contributed by atoms with Gasteiger partial charge in [0.05, 0.1) is 38.6 Å². The third-order valence-corrected chi connectivity index (χ3v) is 6.84. The number of fused-ring (bicyclic) bond motifs is 1. The SMILES string of the molecule is CNC(=O)c1ccc(-n2c(NC(C)C)nc3c(c2=O)CCN(C(=O)c2ccc(Cl)c(Cl)c2)C3)cc1Cl. The third-order valence-electron chi connectivity index (χ3n) is 5.79. The number of anilines is 1. The van der Waals surface area contributed by atoms with Gasteiger partial charge in [-0.2, -0.15) is 0 Å². The summed E-state index contributed by atoms with van der Waals surface area (Å²) in [4.78, 5) is 45.2. The van der Waals surface area contributed by atoms with Gasteiger partial charge < -0.3 is 15.5 Å². The highest BCUT2D eigenvalue weighted by Gasteiger charge is 2.28. The Hall–Kier alpha value is -3.07. The highest BCUT2D eigenvalue weighted by atomic mass is 35.5. The molecule has 8 nitrogen and oxygen atoms in total. The van der Waals surface area contributed by atoms with Crippen LogP contribution in [0.5, 0.6) is 0 Å². The number of nitrogens with one attached hydrogen (secondary N) is 2. The van der Waals surface area contributed by atoms with Gasteiger partial charge >= 0.3 is 0 Å². The van der Waals surface area contributed by atoms with Crippen molar-refractivity contribution < 1.29 is 9.59 Å². The summed E-state index contributed by atoms with van der Waals surface area (Å²) in [7, 11) is 1.52. The van der Waals surface area contributed by atoms with Crippen molar-refractivity contribution in [3.05, 3.63) is 84.2 Å². The molecule has 1 aliphatic heterocycles. The lowest BCUT2D eigenvalue weighted by molar-refractivity contribution is 0.0731. The molecule has 1 aromatic heterocycles. The van der Waals surface area contributed by atoms with Gasteiger partial charge in [-0.15, -0.1) is 0 Å². The molecule has 188 valence electrons. The number of halogens is 3. The highest BCUT2D eigenvalue weighted by Crippen LogP contribution is 2.26. The quantitative estimate of drug-likeness (QED) is 0.487. The maximum absolute atomic E-state index is 13.7. The second kappa shape index (κ2) is 10.5. The molecular weight excluding hydrogens is 525 g/mol. The van der Waals surface area contributed by atoms with Gasteiger partial charge in [0.2, 0.25) is 5.95 Å². The van der Waals surface area contributed by atoms with E-state index in [4.69, 9.17) is 39.8 Å². The first kappa shape index (κ1) is 26.0. The van der Waals surface area contributed by atoms with Crippen molar-refractivity contribution in [1.29, 1.82) is 0 Å². The van der Waals surface area contributed by atoms with E-state index in [0.29, 0.717) is 57.0 Å². The Morgan fingerprint density at radius 1 is 1.03 bits per heavy atom. The largest absolute Gasteiger partial charge is 0.355 e. The summed E-state index contributed by atoms with van der Waals surface area (Å²) >= 11 is 18.4. The number of hydrogen-bond donors (Lipinski definition) is 2. The molecule has 3 aromatic rings. The van der Waals surface area contributed by atoms with E-state index >= 15 is 0 Å². The van der Waals surface area contributed by atoms with Crippen LogP contribution < -0.4 is 16.2 Å². The van der Waals surface area contributed by atoms with Gasteiger partial charge in [-0.3, -0.25) is 14.4 Å². The van der Waals surface area contributed by atoms with Crippen molar-refractivity contribution in [3.8, 4) is 5.69 Å². The molecule has 2 amide bonds. The monoisotopic (exact) mass is 547 g/mol. The molecule has 4 rings (SSSR count). The molecule has 0 saturated heterocycles. The van der Waals surface area contributed by atoms with E-state index in [1.165, 1.54) is 17.7 Å². The maximum Gasteiger partial charge on any atom is 0.263 e. The Balaban J connectivity index is 1.74. The number of benzene rings is 2. The van der Waals surface area contributed by atoms with Crippen LogP contribution >= 0.6 is 34.8 Å². The van der Waals surface area contributed by atoms with Crippen LogP contribution in [0.3, 0.4) is 0 Å². The van der Waals surface area contributed by atoms with Crippen LogP contribution in [0.2, 0.25) is 15.1 Å². The van der Waals surface area contributed by atoms with Crippen molar-refractivity contribution in [2.75, 3.05) is 18.9 Å². The minimum Gasteiger partial charge on any atom is -0.355 e. The van der Waals surface area contributed by atoms with Crippen molar-refractivity contribution >= 4 is 52.6 Å². The average molecular weight is 549 g/mol. The van der Waals surface area contributed by atoms with E-state index in [2.05, 4.69) is 10.6 Å². The van der Waals surface area contributed by atoms with Gasteiger partial charge in [0.1, 0.15) is 0 Å². The Morgan fingerprint density at radius 2 is 1.78 bits per heavy atom. The molecule has 0 spiro atoms. The number of amides is 2. The molecule has 11 heteroatoms. The zero-order valence-corrected chi connectivity index (χ0v) is 22.1. The summed E-state index contributed by atoms with van der Waals surface area (Å²) in [5.41, 5.74) is 1.98. The highest BCUT2D eigenvalue weighted by molar-refractivity contribution is 6.42. The predicted octanol–water partition coefficient (Wildman–Crippen LogP) is 4.57. The van der Waals surface area contributed by atoms with Crippen LogP contribution in [0.15, 0.2) is 41.2 Å². The molecule has 2 N–H and O–H groups in total. The first-order valence-corrected chi connectivity index (χ1v) is 12.4. The lowest BCUT2D eigenvalue weighted by atomic mass is 10.0. The van der Waals surface area contributed by atoms with E-state index in [1.54, 1.807) is 35.2 Å². The summed E-state index contributed by atoms with van der Waals surface area (Å²) in [6.07, 6.45) is 0.334. The number of hydrogen-bond acceptors (Lipinski definition) is 5. The normalized spacial score (nSPS) is 12.9. The maximum atomic E-state index is 13.7. The standard InChI is InChI=1S/C25H24Cl3N5O3/c1-13(2)30-25-31-21-12-32(23(35)14-4-7-18(26)20(28)10-14)9-8-17(21)24(36)33(25)15-5-6-16(19(27)11-15)22(34)29-3/h4-7,10-11,13H,8-9,12H2,1-3H3,(H,29,34)(H,30,31). The summed E-state index contributed by atoms with van der Waals surface area (Å²) in [6.45, 7) is 4.37. The molecule has 0 atom stereocenters. The fourth-order valence-corrected chi connectivity index (χ4v) is 4.59. The lowest BCUT2D eigenvalue weighted by Crippen LogP contribution is -2.41. The Morgan fingerprint density at radius 3 is 2.42 bits per heavy atom. The van der Waals surface area contributed by atoms with E-state index in [-0.39, 0.29) is 35.0 Å². The minimum atomic E-state index is -0.324. The molecule has 1 aliphatic rings. The molecule has 0 unspecified atom stereocenters. The number of carbonyl (C=O) groups is 2. The number of rotatable bonds is 5. The summed E-state index contributed by atoms with van der Waals surface area (Å²) < 4.78 is 1.45. The molecule has 36 heavy (non-hydrogen) atoms. The van der Waals surface area contributed by atoms with E-state index < -0.39 is 0 Å². The molecule has 0 saturated carbocycles. The van der Waals surface area contributed by atoms with Crippen LogP contribution in [-0.4, -0.2) is 45.9 Å². The van der Waals surface area contributed by atoms with E-state index in [0.717, 1.165) is 0 Å². The zero-order chi connectivity index (χ0) is 26.1. The van der Waals surface area contributed by atoms with Crippen LogP contribution in [0, 0.1) is 0 Å².